The van der Waals surface area contributed by atoms with E-state index in [0.29, 0.717) is 0 Å². The van der Waals surface area contributed by atoms with Gasteiger partial charge in [0, 0.05) is 32.4 Å². The zero-order valence-corrected chi connectivity index (χ0v) is 13.8. The van der Waals surface area contributed by atoms with Crippen molar-refractivity contribution in [3.63, 3.8) is 0 Å². The predicted molar refractivity (Wildman–Crippen MR) is 88.1 cm³/mol. The summed E-state index contributed by atoms with van der Waals surface area (Å²) >= 11 is 1.44. The van der Waals surface area contributed by atoms with Crippen molar-refractivity contribution in [1.82, 2.24) is 19.8 Å². The molecule has 0 unspecified atom stereocenters. The highest BCUT2D eigenvalue weighted by molar-refractivity contribution is 7.17. The first-order chi connectivity index (χ1) is 10.7. The molecule has 0 aromatic carbocycles. The molecule has 1 fully saturated rings. The van der Waals surface area contributed by atoms with Crippen LogP contribution in [0.1, 0.15) is 22.3 Å². The van der Waals surface area contributed by atoms with Gasteiger partial charge in [0.15, 0.2) is 0 Å². The number of aromatic nitrogens is 2. The van der Waals surface area contributed by atoms with Crippen molar-refractivity contribution in [2.24, 2.45) is 0 Å². The minimum atomic E-state index is 0.105. The second-order valence-electron chi connectivity index (χ2n) is 5.37. The number of aryl methyl sites for hydroxylation is 1. The first kappa shape index (κ1) is 15.1. The third-order valence-corrected chi connectivity index (χ3v) is 5.15. The van der Waals surface area contributed by atoms with Crippen LogP contribution < -0.4 is 0 Å². The number of rotatable bonds is 3. The summed E-state index contributed by atoms with van der Waals surface area (Å²) in [7, 11) is 0. The van der Waals surface area contributed by atoms with Gasteiger partial charge in [0.2, 0.25) is 0 Å². The molecule has 0 aliphatic carbocycles. The molecule has 0 radical (unpaired) electrons. The van der Waals surface area contributed by atoms with Crippen molar-refractivity contribution in [2.75, 3.05) is 32.7 Å². The highest BCUT2D eigenvalue weighted by atomic mass is 32.1. The first-order valence-corrected chi connectivity index (χ1v) is 8.41. The fourth-order valence-corrected chi connectivity index (χ4v) is 3.62. The van der Waals surface area contributed by atoms with Crippen molar-refractivity contribution >= 4 is 17.2 Å². The number of carbonyl (C=O) groups is 1. The highest BCUT2D eigenvalue weighted by Crippen LogP contribution is 2.27. The smallest absolute Gasteiger partial charge is 0.265 e. The number of thiazole rings is 1. The Kier molecular flexibility index (Phi) is 4.49. The van der Waals surface area contributed by atoms with Gasteiger partial charge in [-0.2, -0.15) is 0 Å². The van der Waals surface area contributed by atoms with Crippen LogP contribution in [0.2, 0.25) is 0 Å². The molecule has 0 spiro atoms. The molecule has 1 amide bonds. The Hall–Kier alpha value is -1.79. The summed E-state index contributed by atoms with van der Waals surface area (Å²) in [5, 5.41) is 0.814. The van der Waals surface area contributed by atoms with Crippen LogP contribution >= 0.6 is 11.3 Å². The summed E-state index contributed by atoms with van der Waals surface area (Å²) in [6.45, 7) is 8.60. The molecule has 22 heavy (non-hydrogen) atoms. The number of hydrogen-bond acceptors (Lipinski definition) is 5. The van der Waals surface area contributed by atoms with Gasteiger partial charge in [-0.3, -0.25) is 9.78 Å². The van der Waals surface area contributed by atoms with E-state index in [4.69, 9.17) is 0 Å². The second-order valence-corrected chi connectivity index (χ2v) is 6.37. The second kappa shape index (κ2) is 6.54. The van der Waals surface area contributed by atoms with Gasteiger partial charge in [-0.05, 0) is 25.6 Å². The van der Waals surface area contributed by atoms with Crippen LogP contribution in [0.15, 0.2) is 24.4 Å². The molecule has 0 atom stereocenters. The van der Waals surface area contributed by atoms with E-state index in [1.54, 1.807) is 6.20 Å². The monoisotopic (exact) mass is 316 g/mol. The van der Waals surface area contributed by atoms with Crippen LogP contribution in [-0.4, -0.2) is 58.4 Å². The SMILES string of the molecule is CCN1CCN(C(=O)c2sc(-c3ccccn3)nc2C)CC1. The number of nitrogens with zero attached hydrogens (tertiary/aromatic N) is 4. The van der Waals surface area contributed by atoms with Crippen LogP contribution in [0.5, 0.6) is 0 Å². The Balaban J connectivity index is 1.78. The van der Waals surface area contributed by atoms with E-state index >= 15 is 0 Å². The number of piperazine rings is 1. The molecule has 5 nitrogen and oxygen atoms in total. The summed E-state index contributed by atoms with van der Waals surface area (Å²) in [6, 6.07) is 5.74. The Bertz CT molecular complexity index is 647. The summed E-state index contributed by atoms with van der Waals surface area (Å²) in [4.78, 5) is 26.6. The lowest BCUT2D eigenvalue weighted by Gasteiger charge is -2.33. The van der Waals surface area contributed by atoms with E-state index in [-0.39, 0.29) is 5.91 Å². The van der Waals surface area contributed by atoms with Crippen molar-refractivity contribution in [2.45, 2.75) is 13.8 Å². The van der Waals surface area contributed by atoms with Crippen molar-refractivity contribution < 1.29 is 4.79 Å². The molecule has 1 aliphatic rings. The van der Waals surface area contributed by atoms with Gasteiger partial charge in [-0.1, -0.05) is 13.0 Å². The topological polar surface area (TPSA) is 49.3 Å². The van der Waals surface area contributed by atoms with Gasteiger partial charge in [0.1, 0.15) is 9.88 Å². The zero-order valence-electron chi connectivity index (χ0n) is 13.0. The van der Waals surface area contributed by atoms with Gasteiger partial charge in [-0.15, -0.1) is 11.3 Å². The lowest BCUT2D eigenvalue weighted by molar-refractivity contribution is 0.0647. The number of amides is 1. The summed E-state index contributed by atoms with van der Waals surface area (Å²) in [5.74, 6) is 0.105. The molecule has 6 heteroatoms. The molecule has 3 heterocycles. The van der Waals surface area contributed by atoms with E-state index in [0.717, 1.165) is 54.0 Å². The number of pyridine rings is 1. The van der Waals surface area contributed by atoms with Gasteiger partial charge >= 0.3 is 0 Å². The van der Waals surface area contributed by atoms with E-state index in [1.807, 2.05) is 30.0 Å². The van der Waals surface area contributed by atoms with Crippen LogP contribution in [-0.2, 0) is 0 Å². The number of carbonyl (C=O) groups excluding carboxylic acids is 1. The molecule has 0 saturated carbocycles. The minimum absolute atomic E-state index is 0.105. The molecule has 2 aromatic heterocycles. The molecule has 2 aromatic rings. The fraction of sp³-hybridized carbons (Fsp3) is 0.438. The van der Waals surface area contributed by atoms with Gasteiger partial charge in [0.25, 0.3) is 5.91 Å². The molecule has 1 aliphatic heterocycles. The Morgan fingerprint density at radius 1 is 1.27 bits per heavy atom. The predicted octanol–water partition coefficient (Wildman–Crippen LogP) is 2.29. The van der Waals surface area contributed by atoms with Crippen LogP contribution in [0.25, 0.3) is 10.7 Å². The minimum Gasteiger partial charge on any atom is -0.335 e. The Morgan fingerprint density at radius 3 is 2.68 bits per heavy atom. The zero-order chi connectivity index (χ0) is 15.5. The average Bonchev–Trinajstić information content (AvgIpc) is 2.97. The highest BCUT2D eigenvalue weighted by Gasteiger charge is 2.25. The van der Waals surface area contributed by atoms with Gasteiger partial charge in [0.05, 0.1) is 11.4 Å². The maximum atomic E-state index is 12.7. The summed E-state index contributed by atoms with van der Waals surface area (Å²) in [5.41, 5.74) is 1.62. The first-order valence-electron chi connectivity index (χ1n) is 7.59. The van der Waals surface area contributed by atoms with E-state index in [9.17, 15) is 4.79 Å². The van der Waals surface area contributed by atoms with Crippen molar-refractivity contribution in [3.05, 3.63) is 35.0 Å². The van der Waals surface area contributed by atoms with Crippen LogP contribution in [0, 0.1) is 6.92 Å². The van der Waals surface area contributed by atoms with Gasteiger partial charge in [-0.25, -0.2) is 4.98 Å². The third kappa shape index (κ3) is 3.03. The van der Waals surface area contributed by atoms with E-state index in [1.165, 1.54) is 11.3 Å². The van der Waals surface area contributed by atoms with Crippen LogP contribution in [0.4, 0.5) is 0 Å². The molecule has 0 N–H and O–H groups in total. The molecule has 3 rings (SSSR count). The van der Waals surface area contributed by atoms with Gasteiger partial charge < -0.3 is 9.80 Å². The lowest BCUT2D eigenvalue weighted by atomic mass is 10.2. The summed E-state index contributed by atoms with van der Waals surface area (Å²) < 4.78 is 0. The normalized spacial score (nSPS) is 16.0. The number of hydrogen-bond donors (Lipinski definition) is 0. The van der Waals surface area contributed by atoms with Crippen molar-refractivity contribution in [3.8, 4) is 10.7 Å². The summed E-state index contributed by atoms with van der Waals surface area (Å²) in [6.07, 6.45) is 1.75. The third-order valence-electron chi connectivity index (χ3n) is 3.98. The Morgan fingerprint density at radius 2 is 2.05 bits per heavy atom. The number of likely N-dealkylation sites (N-methyl/N-ethyl adjacent to an activating group) is 1. The molecule has 1 saturated heterocycles. The standard InChI is InChI=1S/C16H20N4OS/c1-3-19-8-10-20(11-9-19)16(21)14-12(2)18-15(22-14)13-6-4-5-7-17-13/h4-7H,3,8-11H2,1-2H3. The van der Waals surface area contributed by atoms with Crippen LogP contribution in [0.3, 0.4) is 0 Å². The average molecular weight is 316 g/mol. The maximum Gasteiger partial charge on any atom is 0.265 e. The quantitative estimate of drug-likeness (QED) is 0.872. The molecular formula is C16H20N4OS. The largest absolute Gasteiger partial charge is 0.335 e. The molecular weight excluding hydrogens is 296 g/mol. The molecule has 0 bridgehead atoms. The Labute approximate surface area is 134 Å². The van der Waals surface area contributed by atoms with E-state index in [2.05, 4.69) is 21.8 Å². The lowest BCUT2D eigenvalue weighted by Crippen LogP contribution is -2.48. The fourth-order valence-electron chi connectivity index (χ4n) is 2.60. The molecule has 116 valence electrons. The van der Waals surface area contributed by atoms with E-state index < -0.39 is 0 Å². The van der Waals surface area contributed by atoms with Crippen molar-refractivity contribution in [1.29, 1.82) is 0 Å². The maximum absolute atomic E-state index is 12.7.